The Kier molecular flexibility index (Phi) is 6.93. The predicted octanol–water partition coefficient (Wildman–Crippen LogP) is 5.72. The highest BCUT2D eigenvalue weighted by Gasteiger charge is 2.39. The first kappa shape index (κ1) is 24.3. The van der Waals surface area contributed by atoms with Gasteiger partial charge in [-0.2, -0.15) is 0 Å². The van der Waals surface area contributed by atoms with Crippen molar-refractivity contribution < 1.29 is 17.3 Å². The predicted molar refractivity (Wildman–Crippen MR) is 126 cm³/mol. The normalized spacial score (nSPS) is 14.7. The topological polar surface area (TPSA) is 78.6 Å². The maximum atomic E-state index is 11.7. The molecule has 0 aliphatic heterocycles. The van der Waals surface area contributed by atoms with Crippen LogP contribution in [0.4, 0.5) is 0 Å². The van der Waals surface area contributed by atoms with E-state index in [0.717, 1.165) is 16.2 Å². The van der Waals surface area contributed by atoms with Crippen molar-refractivity contribution in [2.24, 2.45) is 5.14 Å². The number of thiophene rings is 1. The van der Waals surface area contributed by atoms with Gasteiger partial charge in [0.25, 0.3) is 0 Å². The number of nitrogens with two attached hydrogens (primary N) is 1. The molecule has 162 valence electrons. The van der Waals surface area contributed by atoms with E-state index >= 15 is 0 Å². The zero-order valence-electron chi connectivity index (χ0n) is 18.6. The van der Waals surface area contributed by atoms with Crippen molar-refractivity contribution in [3.63, 3.8) is 0 Å². The van der Waals surface area contributed by atoms with Crippen LogP contribution in [0.1, 0.15) is 37.3 Å². The molecule has 1 aromatic heterocycles. The van der Waals surface area contributed by atoms with Gasteiger partial charge in [-0.05, 0) is 61.5 Å². The van der Waals surface area contributed by atoms with Crippen LogP contribution in [-0.4, -0.2) is 25.1 Å². The monoisotopic (exact) mass is 471 g/mol. The molecule has 0 saturated heterocycles. The Morgan fingerprint density at radius 2 is 1.69 bits per heavy atom. The molecule has 1 atom stereocenters. The van der Waals surface area contributed by atoms with Crippen LogP contribution in [0.5, 0.6) is 5.75 Å². The lowest BCUT2D eigenvalue weighted by atomic mass is 10.1. The molecule has 5 nitrogen and oxygen atoms in total. The summed E-state index contributed by atoms with van der Waals surface area (Å²) in [5.41, 5.74) is 0.950. The summed E-state index contributed by atoms with van der Waals surface area (Å²) in [5, 5.41) is 6.97. The fourth-order valence-electron chi connectivity index (χ4n) is 2.45. The summed E-state index contributed by atoms with van der Waals surface area (Å²) < 4.78 is 36.4. The van der Waals surface area contributed by atoms with Crippen LogP contribution >= 0.6 is 11.3 Å². The second-order valence-corrected chi connectivity index (χ2v) is 21.5. The maximum Gasteiger partial charge on any atom is 0.250 e. The molecule has 1 aromatic carbocycles. The average molecular weight is 472 g/mol. The molecule has 0 aliphatic rings. The van der Waals surface area contributed by atoms with Crippen molar-refractivity contribution >= 4 is 38.0 Å². The van der Waals surface area contributed by atoms with Gasteiger partial charge in [-0.15, -0.1) is 11.3 Å². The lowest BCUT2D eigenvalue weighted by Gasteiger charge is -2.36. The molecule has 2 N–H and O–H groups in total. The van der Waals surface area contributed by atoms with Crippen LogP contribution < -0.4 is 9.56 Å². The molecule has 0 saturated carbocycles. The molecule has 0 radical (unpaired) electrons. The van der Waals surface area contributed by atoms with E-state index in [1.54, 1.807) is 11.4 Å². The number of hydrogen-bond donors (Lipinski definition) is 1. The fourth-order valence-corrected chi connectivity index (χ4v) is 6.40. The third-order valence-electron chi connectivity index (χ3n) is 4.99. The van der Waals surface area contributed by atoms with Crippen molar-refractivity contribution in [3.8, 4) is 5.75 Å². The minimum Gasteiger partial charge on any atom is -0.543 e. The lowest BCUT2D eigenvalue weighted by Crippen LogP contribution is -2.43. The molecule has 0 aliphatic carbocycles. The average Bonchev–Trinajstić information content (AvgIpc) is 3.00. The van der Waals surface area contributed by atoms with Gasteiger partial charge in [-0.25, -0.2) is 13.6 Å². The zero-order valence-corrected chi connectivity index (χ0v) is 22.2. The van der Waals surface area contributed by atoms with Crippen molar-refractivity contribution in [1.82, 2.24) is 0 Å². The van der Waals surface area contributed by atoms with E-state index in [-0.39, 0.29) is 16.0 Å². The van der Waals surface area contributed by atoms with E-state index < -0.39 is 26.7 Å². The number of primary sulfonamides is 1. The lowest BCUT2D eigenvalue weighted by molar-refractivity contribution is 0.243. The van der Waals surface area contributed by atoms with Gasteiger partial charge in [0.2, 0.25) is 18.3 Å². The highest BCUT2D eigenvalue weighted by molar-refractivity contribution is 7.89. The Hall–Kier alpha value is -0.976. The molecule has 0 fully saturated rings. The smallest absolute Gasteiger partial charge is 0.250 e. The molecule has 0 bridgehead atoms. The second kappa shape index (κ2) is 8.28. The molecule has 9 heteroatoms. The van der Waals surface area contributed by atoms with Crippen LogP contribution in [0.15, 0.2) is 40.6 Å². The molecule has 1 heterocycles. The van der Waals surface area contributed by atoms with Gasteiger partial charge < -0.3 is 8.85 Å². The highest BCUT2D eigenvalue weighted by Crippen LogP contribution is 2.39. The highest BCUT2D eigenvalue weighted by atomic mass is 32.2. The first-order chi connectivity index (χ1) is 13.0. The van der Waals surface area contributed by atoms with Gasteiger partial charge in [0.1, 0.15) is 11.9 Å². The number of benzene rings is 1. The SMILES string of the molecule is CC(C)(C)[Si](C)(C)Oc1cccc(C(O[Si](C)(C)C)c2cc(S(N)(=O)=O)cs2)c1. The van der Waals surface area contributed by atoms with Crippen LogP contribution in [-0.2, 0) is 14.4 Å². The molecule has 29 heavy (non-hydrogen) atoms. The Morgan fingerprint density at radius 1 is 1.07 bits per heavy atom. The first-order valence-corrected chi connectivity index (χ1v) is 18.3. The van der Waals surface area contributed by atoms with Gasteiger partial charge in [0.05, 0.1) is 4.90 Å². The third-order valence-corrected chi connectivity index (χ3v) is 12.3. The van der Waals surface area contributed by atoms with Crippen molar-refractivity contribution in [3.05, 3.63) is 46.2 Å². The summed E-state index contributed by atoms with van der Waals surface area (Å²) in [4.78, 5) is 0.941. The maximum absolute atomic E-state index is 11.7. The van der Waals surface area contributed by atoms with E-state index in [0.29, 0.717) is 0 Å². The van der Waals surface area contributed by atoms with Crippen LogP contribution in [0.3, 0.4) is 0 Å². The summed E-state index contributed by atoms with van der Waals surface area (Å²) in [6.45, 7) is 17.4. The number of rotatable bonds is 7. The van der Waals surface area contributed by atoms with E-state index in [1.807, 2.05) is 24.3 Å². The summed E-state index contributed by atoms with van der Waals surface area (Å²) >= 11 is 1.35. The van der Waals surface area contributed by atoms with Crippen molar-refractivity contribution in [1.29, 1.82) is 0 Å². The van der Waals surface area contributed by atoms with Gasteiger partial charge in [0.15, 0.2) is 8.32 Å². The molecular formula is C20H33NO4S2Si2. The Bertz CT molecular complexity index is 957. The minimum atomic E-state index is -3.74. The Labute approximate surface area is 181 Å². The van der Waals surface area contributed by atoms with Gasteiger partial charge in [0, 0.05) is 10.3 Å². The molecule has 0 spiro atoms. The van der Waals surface area contributed by atoms with Crippen molar-refractivity contribution in [2.75, 3.05) is 0 Å². The van der Waals surface area contributed by atoms with Crippen LogP contribution in [0.25, 0.3) is 0 Å². The van der Waals surface area contributed by atoms with Gasteiger partial charge in [-0.3, -0.25) is 0 Å². The van der Waals surface area contributed by atoms with Crippen LogP contribution in [0.2, 0.25) is 37.8 Å². The third kappa shape index (κ3) is 6.50. The molecule has 2 aromatic rings. The molecule has 0 amide bonds. The summed E-state index contributed by atoms with van der Waals surface area (Å²) in [6, 6.07) is 9.57. The quantitative estimate of drug-likeness (QED) is 0.524. The van der Waals surface area contributed by atoms with E-state index in [4.69, 9.17) is 14.0 Å². The number of hydrogen-bond acceptors (Lipinski definition) is 5. The van der Waals surface area contributed by atoms with Gasteiger partial charge >= 0.3 is 0 Å². The summed E-state index contributed by atoms with van der Waals surface area (Å²) in [6.07, 6.45) is -0.356. The van der Waals surface area contributed by atoms with Crippen LogP contribution in [0, 0.1) is 0 Å². The van der Waals surface area contributed by atoms with E-state index in [1.165, 1.54) is 11.3 Å². The van der Waals surface area contributed by atoms with Gasteiger partial charge in [-0.1, -0.05) is 32.9 Å². The Morgan fingerprint density at radius 3 is 2.17 bits per heavy atom. The Balaban J connectivity index is 2.46. The van der Waals surface area contributed by atoms with E-state index in [9.17, 15) is 8.42 Å². The fraction of sp³-hybridized carbons (Fsp3) is 0.500. The standard InChI is InChI=1S/C20H33NO4S2Si2/c1-20(2,3)29(7,8)24-16-11-9-10-15(12-16)19(25-28(4,5)6)18-13-17(14-26-18)27(21,22)23/h9-14,19H,1-8H3,(H2,21,22,23). The van der Waals surface area contributed by atoms with E-state index in [2.05, 4.69) is 53.5 Å². The second-order valence-electron chi connectivity index (χ2n) is 9.77. The first-order valence-electron chi connectivity index (χ1n) is 9.58. The largest absolute Gasteiger partial charge is 0.543 e. The summed E-state index contributed by atoms with van der Waals surface area (Å²) in [7, 11) is -7.64. The molecule has 2 rings (SSSR count). The zero-order chi connectivity index (χ0) is 22.3. The molecular weight excluding hydrogens is 439 g/mol. The number of sulfonamides is 1. The summed E-state index contributed by atoms with van der Waals surface area (Å²) in [5.74, 6) is 0.821. The molecule has 1 unspecified atom stereocenters. The van der Waals surface area contributed by atoms with Crippen molar-refractivity contribution in [2.45, 2.75) is 69.5 Å². The minimum absolute atomic E-state index is 0.0926.